The van der Waals surface area contributed by atoms with Gasteiger partial charge < -0.3 is 35.3 Å². The molecule has 4 amide bonds. The SMILES string of the molecule is CN1CCOc2ccccc2C(=O)N[C@H](C(=O)NCCOc2ccc(Cl)cc2)CC(=O)N[C@@H](Cc2cnc[nH]2)C1=O. The molecular weight excluding hydrogens is 552 g/mol. The zero-order chi connectivity index (χ0) is 29.2. The number of hydrogen-bond donors (Lipinski definition) is 4. The van der Waals surface area contributed by atoms with Crippen molar-refractivity contribution in [2.75, 3.05) is 33.4 Å². The highest BCUT2D eigenvalue weighted by Gasteiger charge is 2.30. The molecule has 41 heavy (non-hydrogen) atoms. The summed E-state index contributed by atoms with van der Waals surface area (Å²) in [6, 6.07) is 11.1. The lowest BCUT2D eigenvalue weighted by Crippen LogP contribution is -2.53. The molecule has 0 unspecified atom stereocenters. The van der Waals surface area contributed by atoms with E-state index >= 15 is 0 Å². The highest BCUT2D eigenvalue weighted by atomic mass is 35.5. The molecule has 216 valence electrons. The van der Waals surface area contributed by atoms with Gasteiger partial charge in [-0.05, 0) is 36.4 Å². The molecule has 1 aromatic heterocycles. The highest BCUT2D eigenvalue weighted by Crippen LogP contribution is 2.19. The second kappa shape index (κ2) is 14.2. The van der Waals surface area contributed by atoms with Gasteiger partial charge in [0, 0.05) is 30.4 Å². The summed E-state index contributed by atoms with van der Waals surface area (Å²) in [7, 11) is 1.60. The first-order valence-corrected chi connectivity index (χ1v) is 13.4. The number of rotatable bonds is 7. The van der Waals surface area contributed by atoms with Crippen molar-refractivity contribution in [3.8, 4) is 11.5 Å². The fourth-order valence-corrected chi connectivity index (χ4v) is 4.27. The average molecular weight is 583 g/mol. The molecule has 13 heteroatoms. The van der Waals surface area contributed by atoms with E-state index in [2.05, 4.69) is 25.9 Å². The third-order valence-corrected chi connectivity index (χ3v) is 6.55. The topological polar surface area (TPSA) is 155 Å². The molecular formula is C28H31ClN6O6. The maximum atomic E-state index is 13.3. The Labute approximate surface area is 241 Å². The number of nitrogens with zero attached hydrogens (tertiary/aromatic N) is 2. The second-order valence-corrected chi connectivity index (χ2v) is 9.77. The number of nitrogens with one attached hydrogen (secondary N) is 4. The predicted octanol–water partition coefficient (Wildman–Crippen LogP) is 1.33. The first kappa shape index (κ1) is 29.4. The molecule has 4 rings (SSSR count). The Morgan fingerprint density at radius 1 is 1.15 bits per heavy atom. The van der Waals surface area contributed by atoms with Gasteiger partial charge in [0.15, 0.2) is 0 Å². The van der Waals surface area contributed by atoms with Gasteiger partial charge in [-0.15, -0.1) is 0 Å². The van der Waals surface area contributed by atoms with E-state index in [1.54, 1.807) is 61.8 Å². The number of benzene rings is 2. The summed E-state index contributed by atoms with van der Waals surface area (Å²) in [4.78, 5) is 61.1. The third kappa shape index (κ3) is 8.45. The molecule has 0 saturated heterocycles. The van der Waals surface area contributed by atoms with E-state index in [1.165, 1.54) is 11.2 Å². The number of carbonyl (C=O) groups is 4. The molecule has 1 aliphatic heterocycles. The van der Waals surface area contributed by atoms with Gasteiger partial charge in [0.25, 0.3) is 5.91 Å². The van der Waals surface area contributed by atoms with Crippen LogP contribution in [-0.2, 0) is 20.8 Å². The van der Waals surface area contributed by atoms with Gasteiger partial charge in [0.1, 0.15) is 36.8 Å². The van der Waals surface area contributed by atoms with Crippen LogP contribution in [-0.4, -0.2) is 83.9 Å². The van der Waals surface area contributed by atoms with Crippen LogP contribution in [0.1, 0.15) is 22.5 Å². The Morgan fingerprint density at radius 3 is 2.68 bits per heavy atom. The number of para-hydroxylation sites is 1. The molecule has 4 N–H and O–H groups in total. The number of imidazole rings is 1. The lowest BCUT2D eigenvalue weighted by Gasteiger charge is -2.26. The minimum absolute atomic E-state index is 0.106. The number of likely N-dealkylation sites (N-methyl/N-ethyl adjacent to an activating group) is 1. The molecule has 2 heterocycles. The van der Waals surface area contributed by atoms with E-state index in [9.17, 15) is 19.2 Å². The summed E-state index contributed by atoms with van der Waals surface area (Å²) < 4.78 is 11.4. The van der Waals surface area contributed by atoms with Crippen molar-refractivity contribution in [2.24, 2.45) is 0 Å². The van der Waals surface area contributed by atoms with Gasteiger partial charge in [-0.3, -0.25) is 19.2 Å². The van der Waals surface area contributed by atoms with Gasteiger partial charge in [0.2, 0.25) is 17.7 Å². The van der Waals surface area contributed by atoms with Crippen molar-refractivity contribution in [1.82, 2.24) is 30.8 Å². The summed E-state index contributed by atoms with van der Waals surface area (Å²) in [5.74, 6) is -1.24. The number of hydrogen-bond acceptors (Lipinski definition) is 7. The zero-order valence-corrected chi connectivity index (χ0v) is 23.1. The molecule has 0 bridgehead atoms. The average Bonchev–Trinajstić information content (AvgIpc) is 3.48. The minimum Gasteiger partial charge on any atom is -0.492 e. The maximum Gasteiger partial charge on any atom is 0.255 e. The van der Waals surface area contributed by atoms with E-state index in [0.29, 0.717) is 16.5 Å². The van der Waals surface area contributed by atoms with Gasteiger partial charge >= 0.3 is 0 Å². The summed E-state index contributed by atoms with van der Waals surface area (Å²) >= 11 is 5.89. The smallest absolute Gasteiger partial charge is 0.255 e. The summed E-state index contributed by atoms with van der Waals surface area (Å²) in [5, 5.41) is 8.62. The van der Waals surface area contributed by atoms with E-state index in [0.717, 1.165) is 0 Å². The van der Waals surface area contributed by atoms with Crippen molar-refractivity contribution < 1.29 is 28.7 Å². The van der Waals surface area contributed by atoms with Crippen LogP contribution in [0.25, 0.3) is 0 Å². The molecule has 3 aromatic rings. The minimum atomic E-state index is -1.24. The Morgan fingerprint density at radius 2 is 1.93 bits per heavy atom. The van der Waals surface area contributed by atoms with Crippen molar-refractivity contribution in [1.29, 1.82) is 0 Å². The Hall–Kier alpha value is -4.58. The summed E-state index contributed by atoms with van der Waals surface area (Å²) in [6.07, 6.45) is 2.79. The van der Waals surface area contributed by atoms with E-state index in [1.807, 2.05) is 0 Å². The fraction of sp³-hybridized carbons (Fsp3) is 0.321. The lowest BCUT2D eigenvalue weighted by molar-refractivity contribution is -0.136. The molecule has 0 aliphatic carbocycles. The number of aromatic amines is 1. The highest BCUT2D eigenvalue weighted by molar-refractivity contribution is 6.30. The second-order valence-electron chi connectivity index (χ2n) is 9.33. The van der Waals surface area contributed by atoms with E-state index in [-0.39, 0.29) is 49.9 Å². The van der Waals surface area contributed by atoms with Gasteiger partial charge in [-0.25, -0.2) is 4.98 Å². The number of H-pyrrole nitrogens is 1. The number of ether oxygens (including phenoxy) is 2. The number of fused-ring (bicyclic) bond motifs is 1. The Balaban J connectivity index is 1.50. The zero-order valence-electron chi connectivity index (χ0n) is 22.4. The first-order valence-electron chi connectivity index (χ1n) is 13.0. The lowest BCUT2D eigenvalue weighted by atomic mass is 10.1. The van der Waals surface area contributed by atoms with Crippen LogP contribution in [0.15, 0.2) is 61.1 Å². The molecule has 0 radical (unpaired) electrons. The Bertz CT molecular complexity index is 1350. The van der Waals surface area contributed by atoms with Crippen molar-refractivity contribution in [3.63, 3.8) is 0 Å². The largest absolute Gasteiger partial charge is 0.492 e. The Kier molecular flexibility index (Phi) is 10.2. The number of carbonyl (C=O) groups excluding carboxylic acids is 4. The summed E-state index contributed by atoms with van der Waals surface area (Å²) in [6.45, 7) is 0.576. The van der Waals surface area contributed by atoms with Crippen molar-refractivity contribution >= 4 is 35.2 Å². The monoisotopic (exact) mass is 582 g/mol. The molecule has 0 saturated carbocycles. The molecule has 2 aromatic carbocycles. The third-order valence-electron chi connectivity index (χ3n) is 6.30. The summed E-state index contributed by atoms with van der Waals surface area (Å²) in [5.41, 5.74) is 0.839. The molecule has 2 atom stereocenters. The van der Waals surface area contributed by atoms with Crippen LogP contribution >= 0.6 is 11.6 Å². The van der Waals surface area contributed by atoms with Crippen LogP contribution < -0.4 is 25.4 Å². The van der Waals surface area contributed by atoms with Gasteiger partial charge in [0.05, 0.1) is 31.4 Å². The van der Waals surface area contributed by atoms with Gasteiger partial charge in [-0.2, -0.15) is 0 Å². The first-order chi connectivity index (χ1) is 19.8. The van der Waals surface area contributed by atoms with Crippen LogP contribution in [0.5, 0.6) is 11.5 Å². The van der Waals surface area contributed by atoms with Crippen LogP contribution in [0, 0.1) is 0 Å². The van der Waals surface area contributed by atoms with E-state index < -0.39 is 36.2 Å². The van der Waals surface area contributed by atoms with Crippen LogP contribution in [0.4, 0.5) is 0 Å². The van der Waals surface area contributed by atoms with Crippen LogP contribution in [0.3, 0.4) is 0 Å². The molecule has 12 nitrogen and oxygen atoms in total. The fourth-order valence-electron chi connectivity index (χ4n) is 4.15. The molecule has 0 fully saturated rings. The van der Waals surface area contributed by atoms with Crippen LogP contribution in [0.2, 0.25) is 5.02 Å². The number of halogens is 1. The normalized spacial score (nSPS) is 18.3. The van der Waals surface area contributed by atoms with Gasteiger partial charge in [-0.1, -0.05) is 23.7 Å². The van der Waals surface area contributed by atoms with Crippen molar-refractivity contribution in [3.05, 3.63) is 77.3 Å². The standard InChI is InChI=1S/C28H31ClN6O6/c1-35-11-13-41-24-5-3-2-4-21(24)26(37)34-22(27(38)31-10-12-40-20-8-6-18(29)7-9-20)15-25(36)33-23(28(35)39)14-19-16-30-17-32-19/h2-9,16-17,22-23H,10-15H2,1H3,(H,30,32)(H,31,38)(H,33,36)(H,34,37)/t22-,23-/m0/s1. The number of amides is 4. The molecule has 1 aliphatic rings. The predicted molar refractivity (Wildman–Crippen MR) is 150 cm³/mol. The quantitative estimate of drug-likeness (QED) is 0.306. The number of aromatic nitrogens is 2. The van der Waals surface area contributed by atoms with Crippen molar-refractivity contribution in [2.45, 2.75) is 24.9 Å². The molecule has 0 spiro atoms. The van der Waals surface area contributed by atoms with E-state index in [4.69, 9.17) is 21.1 Å². The maximum absolute atomic E-state index is 13.3.